The smallest absolute Gasteiger partial charge is 0.314 e. The van der Waals surface area contributed by atoms with E-state index >= 15 is 0 Å². The molecule has 13 heteroatoms. The van der Waals surface area contributed by atoms with Crippen LogP contribution in [0.4, 0.5) is 17.3 Å². The van der Waals surface area contributed by atoms with E-state index < -0.39 is 16.7 Å². The standard InChI is InChI=1S/C22H23N9O4/c1-12-6-8-29(17-4-3-13(9-25-17)31(34)35)11-16(12)30-18-14-5-7-24-19(14)26-10-15(18)20(28-30)27-22(33)21(32)23-2/h3-5,7,9-10,12,16H,6,8,11H2,1-2H3,(H,23,32)(H,24,26)(H,27,28,33)/t12-,16+/m1/s1. The molecule has 4 aromatic heterocycles. The van der Waals surface area contributed by atoms with Gasteiger partial charge in [0.2, 0.25) is 0 Å². The quantitative estimate of drug-likeness (QED) is 0.228. The minimum absolute atomic E-state index is 0.0624. The van der Waals surface area contributed by atoms with Gasteiger partial charge in [0, 0.05) is 44.0 Å². The minimum atomic E-state index is -0.818. The second-order valence-electron chi connectivity index (χ2n) is 8.50. The van der Waals surface area contributed by atoms with Gasteiger partial charge in [0.05, 0.1) is 21.9 Å². The number of carbonyl (C=O) groups is 2. The Balaban J connectivity index is 1.56. The Hall–Kier alpha value is -4.55. The lowest BCUT2D eigenvalue weighted by Crippen LogP contribution is -2.41. The van der Waals surface area contributed by atoms with Crippen LogP contribution >= 0.6 is 0 Å². The molecule has 5 rings (SSSR count). The van der Waals surface area contributed by atoms with Crippen LogP contribution in [0.1, 0.15) is 19.4 Å². The number of fused-ring (bicyclic) bond motifs is 3. The van der Waals surface area contributed by atoms with Crippen LogP contribution in [0.5, 0.6) is 0 Å². The van der Waals surface area contributed by atoms with Gasteiger partial charge in [0.1, 0.15) is 17.7 Å². The third-order valence-electron chi connectivity index (χ3n) is 6.42. The van der Waals surface area contributed by atoms with Gasteiger partial charge in [-0.15, -0.1) is 0 Å². The lowest BCUT2D eigenvalue weighted by Gasteiger charge is -2.38. The fourth-order valence-corrected chi connectivity index (χ4v) is 4.48. The maximum absolute atomic E-state index is 12.3. The van der Waals surface area contributed by atoms with Gasteiger partial charge in [-0.2, -0.15) is 5.10 Å². The largest absolute Gasteiger partial charge is 0.354 e. The van der Waals surface area contributed by atoms with Crippen molar-refractivity contribution in [3.05, 3.63) is 46.9 Å². The van der Waals surface area contributed by atoms with Crippen LogP contribution in [0.2, 0.25) is 0 Å². The van der Waals surface area contributed by atoms with Crippen LogP contribution in [0.15, 0.2) is 36.8 Å². The zero-order chi connectivity index (χ0) is 24.7. The molecule has 0 bridgehead atoms. The molecule has 3 N–H and O–H groups in total. The SMILES string of the molecule is CNC(=O)C(=O)Nc1nn([C@H]2CN(c3ccc([N+](=O)[O-])cn3)CC[C@H]2C)c2c1cnc1[nH]ccc12. The van der Waals surface area contributed by atoms with E-state index in [0.29, 0.717) is 23.4 Å². The number of carbonyl (C=O) groups excluding carboxylic acids is 2. The van der Waals surface area contributed by atoms with Crippen LogP contribution in [-0.4, -0.2) is 61.6 Å². The van der Waals surface area contributed by atoms with Crippen LogP contribution < -0.4 is 15.5 Å². The lowest BCUT2D eigenvalue weighted by atomic mass is 9.93. The molecular weight excluding hydrogens is 454 g/mol. The number of hydrogen-bond donors (Lipinski definition) is 3. The van der Waals surface area contributed by atoms with Crippen LogP contribution in [-0.2, 0) is 9.59 Å². The molecule has 35 heavy (non-hydrogen) atoms. The second-order valence-corrected chi connectivity index (χ2v) is 8.50. The zero-order valence-electron chi connectivity index (χ0n) is 19.1. The Morgan fingerprint density at radius 1 is 1.17 bits per heavy atom. The number of nitrogens with one attached hydrogen (secondary N) is 3. The van der Waals surface area contributed by atoms with Gasteiger partial charge in [-0.05, 0) is 24.5 Å². The summed E-state index contributed by atoms with van der Waals surface area (Å²) in [6.45, 7) is 3.43. The molecule has 180 valence electrons. The number of nitrogens with zero attached hydrogens (tertiary/aromatic N) is 6. The summed E-state index contributed by atoms with van der Waals surface area (Å²) in [5.74, 6) is -0.462. The highest BCUT2D eigenvalue weighted by molar-refractivity contribution is 6.40. The molecule has 1 aliphatic heterocycles. The fourth-order valence-electron chi connectivity index (χ4n) is 4.48. The average molecular weight is 477 g/mol. The van der Waals surface area contributed by atoms with Crippen LogP contribution in [0.3, 0.4) is 0 Å². The summed E-state index contributed by atoms with van der Waals surface area (Å²) in [6.07, 6.45) is 5.51. The first-order valence-electron chi connectivity index (χ1n) is 11.1. The molecule has 5 heterocycles. The molecule has 2 atom stereocenters. The van der Waals surface area contributed by atoms with E-state index in [1.165, 1.54) is 19.3 Å². The van der Waals surface area contributed by atoms with Crippen molar-refractivity contribution in [2.75, 3.05) is 30.4 Å². The third-order valence-corrected chi connectivity index (χ3v) is 6.42. The molecule has 1 fully saturated rings. The van der Waals surface area contributed by atoms with Crippen LogP contribution in [0, 0.1) is 16.0 Å². The Morgan fingerprint density at radius 2 is 2.00 bits per heavy atom. The molecule has 0 aromatic carbocycles. The molecule has 1 saturated heterocycles. The number of nitro groups is 1. The highest BCUT2D eigenvalue weighted by Crippen LogP contribution is 2.36. The predicted molar refractivity (Wildman–Crippen MR) is 128 cm³/mol. The molecule has 0 saturated carbocycles. The normalized spacial score (nSPS) is 18.1. The summed E-state index contributed by atoms with van der Waals surface area (Å²) in [5.41, 5.74) is 1.41. The van der Waals surface area contributed by atoms with Crippen molar-refractivity contribution in [1.29, 1.82) is 0 Å². The Morgan fingerprint density at radius 3 is 2.71 bits per heavy atom. The number of pyridine rings is 2. The summed E-state index contributed by atoms with van der Waals surface area (Å²) in [5, 5.41) is 22.1. The number of H-pyrrole nitrogens is 1. The second kappa shape index (κ2) is 8.66. The van der Waals surface area contributed by atoms with E-state index in [1.807, 2.05) is 10.7 Å². The molecule has 13 nitrogen and oxygen atoms in total. The number of amides is 2. The summed E-state index contributed by atoms with van der Waals surface area (Å²) in [6, 6.07) is 4.89. The monoisotopic (exact) mass is 477 g/mol. The first-order chi connectivity index (χ1) is 16.9. The molecule has 0 unspecified atom stereocenters. The number of aromatic amines is 1. The van der Waals surface area contributed by atoms with E-state index in [1.54, 1.807) is 18.5 Å². The Bertz CT molecular complexity index is 1440. The highest BCUT2D eigenvalue weighted by Gasteiger charge is 2.32. The van der Waals surface area contributed by atoms with Crippen molar-refractivity contribution in [1.82, 2.24) is 30.0 Å². The fraction of sp³-hybridized carbons (Fsp3) is 0.318. The van der Waals surface area contributed by atoms with Crippen molar-refractivity contribution in [3.63, 3.8) is 0 Å². The molecule has 0 aliphatic carbocycles. The van der Waals surface area contributed by atoms with Gasteiger partial charge < -0.3 is 20.5 Å². The Labute approximate surface area is 198 Å². The van der Waals surface area contributed by atoms with Gasteiger partial charge in [0.15, 0.2) is 5.82 Å². The van der Waals surface area contributed by atoms with E-state index in [0.717, 1.165) is 23.9 Å². The van der Waals surface area contributed by atoms with E-state index in [2.05, 4.69) is 37.4 Å². The van der Waals surface area contributed by atoms with Crippen molar-refractivity contribution < 1.29 is 14.5 Å². The number of piperidine rings is 1. The molecule has 0 radical (unpaired) electrons. The third kappa shape index (κ3) is 3.90. The molecule has 1 aliphatic rings. The maximum Gasteiger partial charge on any atom is 0.314 e. The molecule has 4 aromatic rings. The average Bonchev–Trinajstić information content (AvgIpc) is 3.48. The van der Waals surface area contributed by atoms with Gasteiger partial charge >= 0.3 is 11.8 Å². The van der Waals surface area contributed by atoms with Gasteiger partial charge in [-0.3, -0.25) is 24.4 Å². The number of rotatable bonds is 4. The van der Waals surface area contributed by atoms with Gasteiger partial charge in [-0.25, -0.2) is 9.97 Å². The minimum Gasteiger partial charge on any atom is -0.354 e. The summed E-state index contributed by atoms with van der Waals surface area (Å²) < 4.78 is 1.88. The highest BCUT2D eigenvalue weighted by atomic mass is 16.6. The first kappa shape index (κ1) is 22.3. The van der Waals surface area contributed by atoms with E-state index in [4.69, 9.17) is 5.10 Å². The van der Waals surface area contributed by atoms with E-state index in [9.17, 15) is 19.7 Å². The maximum atomic E-state index is 12.3. The van der Waals surface area contributed by atoms with Crippen molar-refractivity contribution >= 4 is 51.1 Å². The van der Waals surface area contributed by atoms with Gasteiger partial charge in [0.25, 0.3) is 5.69 Å². The topological polar surface area (TPSA) is 164 Å². The van der Waals surface area contributed by atoms with Crippen LogP contribution in [0.25, 0.3) is 21.9 Å². The molecular formula is C22H23N9O4. The van der Waals surface area contributed by atoms with Crippen molar-refractivity contribution in [2.45, 2.75) is 19.4 Å². The predicted octanol–water partition coefficient (Wildman–Crippen LogP) is 1.99. The summed E-state index contributed by atoms with van der Waals surface area (Å²) in [7, 11) is 1.38. The number of anilines is 2. The van der Waals surface area contributed by atoms with Crippen molar-refractivity contribution in [2.24, 2.45) is 5.92 Å². The number of likely N-dealkylation sites (N-methyl/N-ethyl adjacent to an activating group) is 1. The summed E-state index contributed by atoms with van der Waals surface area (Å²) >= 11 is 0. The Kier molecular flexibility index (Phi) is 5.51. The first-order valence-corrected chi connectivity index (χ1v) is 11.1. The lowest BCUT2D eigenvalue weighted by molar-refractivity contribution is -0.385. The van der Waals surface area contributed by atoms with Crippen molar-refractivity contribution in [3.8, 4) is 0 Å². The molecule has 2 amide bonds. The number of aromatic nitrogens is 5. The van der Waals surface area contributed by atoms with Gasteiger partial charge in [-0.1, -0.05) is 6.92 Å². The zero-order valence-corrected chi connectivity index (χ0v) is 19.1. The summed E-state index contributed by atoms with van der Waals surface area (Å²) in [4.78, 5) is 48.5. The van der Waals surface area contributed by atoms with E-state index in [-0.39, 0.29) is 23.5 Å². The number of hydrogen-bond acceptors (Lipinski definition) is 8. The molecule has 0 spiro atoms.